The fraction of sp³-hybridized carbons (Fsp3) is 0.200. The zero-order chi connectivity index (χ0) is 14.6. The van der Waals surface area contributed by atoms with Crippen molar-refractivity contribution in [1.82, 2.24) is 10.3 Å². The second-order valence-corrected chi connectivity index (χ2v) is 4.80. The Morgan fingerprint density at radius 2 is 2.16 bits per heavy atom. The molecule has 0 bridgehead atoms. The van der Waals surface area contributed by atoms with E-state index < -0.39 is 30.2 Å². The summed E-state index contributed by atoms with van der Waals surface area (Å²) in [6.07, 6.45) is 0.872. The van der Waals surface area contributed by atoms with Gasteiger partial charge in [0.2, 0.25) is 5.91 Å². The number of hydrogen-bond donors (Lipinski definition) is 3. The summed E-state index contributed by atoms with van der Waals surface area (Å²) in [6.45, 7) is 0. The topological polar surface area (TPSA) is 122 Å². The van der Waals surface area contributed by atoms with Gasteiger partial charge in [0.15, 0.2) is 0 Å². The molecule has 1 rings (SSSR count). The number of nitrogens with zero attached hydrogens (tertiary/aromatic N) is 1. The van der Waals surface area contributed by atoms with Gasteiger partial charge in [-0.15, -0.1) is 0 Å². The fourth-order valence-corrected chi connectivity index (χ4v) is 1.74. The first-order valence-corrected chi connectivity index (χ1v) is 6.11. The molecular weight excluding hydrogens is 341 g/mol. The van der Waals surface area contributed by atoms with E-state index in [1.54, 1.807) is 0 Å². The lowest BCUT2D eigenvalue weighted by molar-refractivity contribution is -0.140. The molecule has 19 heavy (non-hydrogen) atoms. The van der Waals surface area contributed by atoms with Crippen LogP contribution in [0.5, 0.6) is 0 Å². The highest BCUT2D eigenvalue weighted by Gasteiger charge is 2.24. The van der Waals surface area contributed by atoms with Crippen LogP contribution in [0, 0.1) is 0 Å². The molecule has 1 unspecified atom stereocenters. The fourth-order valence-electron chi connectivity index (χ4n) is 1.22. The Labute approximate surface area is 121 Å². The molecule has 1 heterocycles. The molecule has 0 aromatic carbocycles. The van der Waals surface area contributed by atoms with E-state index in [1.165, 1.54) is 12.3 Å². The lowest BCUT2D eigenvalue weighted by Crippen LogP contribution is -2.43. The number of hydrogen-bond acceptors (Lipinski definition) is 4. The zero-order valence-corrected chi connectivity index (χ0v) is 11.7. The number of carbonyl (C=O) groups excluding carboxylic acids is 2. The van der Waals surface area contributed by atoms with Crippen LogP contribution in [0.1, 0.15) is 16.8 Å². The highest BCUT2D eigenvalue weighted by Crippen LogP contribution is 2.18. The molecule has 7 nitrogen and oxygen atoms in total. The molecule has 0 saturated heterocycles. The number of nitrogens with one attached hydrogen (secondary N) is 1. The number of rotatable bonds is 5. The van der Waals surface area contributed by atoms with Crippen LogP contribution in [0.3, 0.4) is 0 Å². The van der Waals surface area contributed by atoms with E-state index in [9.17, 15) is 14.4 Å². The first kappa shape index (κ1) is 15.4. The summed E-state index contributed by atoms with van der Waals surface area (Å²) in [5.74, 6) is -2.97. The Morgan fingerprint density at radius 3 is 2.68 bits per heavy atom. The van der Waals surface area contributed by atoms with E-state index in [0.29, 0.717) is 4.47 Å². The molecule has 0 aliphatic heterocycles. The molecule has 0 aliphatic carbocycles. The zero-order valence-electron chi connectivity index (χ0n) is 9.39. The smallest absolute Gasteiger partial charge is 0.326 e. The number of aromatic nitrogens is 1. The minimum absolute atomic E-state index is 0.00763. The van der Waals surface area contributed by atoms with Crippen molar-refractivity contribution in [3.8, 4) is 0 Å². The summed E-state index contributed by atoms with van der Waals surface area (Å²) in [7, 11) is 0. The van der Waals surface area contributed by atoms with Crippen LogP contribution in [0.25, 0.3) is 0 Å². The maximum atomic E-state index is 11.8. The number of nitrogens with two attached hydrogens (primary N) is 1. The molecule has 2 amide bonds. The maximum Gasteiger partial charge on any atom is 0.326 e. The van der Waals surface area contributed by atoms with Gasteiger partial charge in [-0.1, -0.05) is 11.6 Å². The Bertz CT molecular complexity index is 538. The SMILES string of the molecule is NC(=O)CC(NC(=O)c1cc(Br)cnc1Cl)C(=O)O. The average Bonchev–Trinajstić information content (AvgIpc) is 2.30. The number of amides is 2. The van der Waals surface area contributed by atoms with Crippen LogP contribution >= 0.6 is 27.5 Å². The van der Waals surface area contributed by atoms with Gasteiger partial charge in [0.25, 0.3) is 5.91 Å². The van der Waals surface area contributed by atoms with E-state index in [1.807, 2.05) is 0 Å². The minimum atomic E-state index is -1.42. The van der Waals surface area contributed by atoms with Gasteiger partial charge in [-0.2, -0.15) is 0 Å². The molecule has 0 fully saturated rings. The Kier molecular flexibility index (Phi) is 5.25. The average molecular weight is 351 g/mol. The molecule has 102 valence electrons. The first-order chi connectivity index (χ1) is 8.81. The van der Waals surface area contributed by atoms with Gasteiger partial charge in [-0.3, -0.25) is 9.59 Å². The molecule has 4 N–H and O–H groups in total. The molecule has 0 saturated carbocycles. The van der Waals surface area contributed by atoms with E-state index in [0.717, 1.165) is 0 Å². The summed E-state index contributed by atoms with van der Waals surface area (Å²) in [5.41, 5.74) is 4.89. The summed E-state index contributed by atoms with van der Waals surface area (Å²) in [6, 6.07) is -0.0338. The van der Waals surface area contributed by atoms with Crippen LogP contribution in [0.2, 0.25) is 5.15 Å². The number of halogens is 2. The Morgan fingerprint density at radius 1 is 1.53 bits per heavy atom. The van der Waals surface area contributed by atoms with Gasteiger partial charge in [0.1, 0.15) is 11.2 Å². The summed E-state index contributed by atoms with van der Waals surface area (Å²) < 4.78 is 0.504. The summed E-state index contributed by atoms with van der Waals surface area (Å²) in [4.78, 5) is 37.2. The lowest BCUT2D eigenvalue weighted by Gasteiger charge is -2.13. The van der Waals surface area contributed by atoms with Crippen molar-refractivity contribution in [2.75, 3.05) is 0 Å². The normalized spacial score (nSPS) is 11.7. The van der Waals surface area contributed by atoms with Gasteiger partial charge in [-0.25, -0.2) is 9.78 Å². The van der Waals surface area contributed by atoms with Crippen molar-refractivity contribution in [3.63, 3.8) is 0 Å². The third kappa shape index (κ3) is 4.49. The monoisotopic (exact) mass is 349 g/mol. The van der Waals surface area contributed by atoms with E-state index in [2.05, 4.69) is 26.2 Å². The summed E-state index contributed by atoms with van der Waals surface area (Å²) >= 11 is 8.84. The molecule has 0 radical (unpaired) electrons. The van der Waals surface area contributed by atoms with Crippen molar-refractivity contribution in [3.05, 3.63) is 27.5 Å². The van der Waals surface area contributed by atoms with Gasteiger partial charge in [0.05, 0.1) is 12.0 Å². The molecule has 1 aromatic rings. The standard InChI is InChI=1S/C10H9BrClN3O4/c11-4-1-5(8(12)14-3-4)9(17)15-6(10(18)19)2-7(13)16/h1,3,6H,2H2,(H2,13,16)(H,15,17)(H,18,19). The predicted octanol–water partition coefficient (Wildman–Crippen LogP) is 0.556. The van der Waals surface area contributed by atoms with Crippen LogP contribution in [-0.2, 0) is 9.59 Å². The number of pyridine rings is 1. The van der Waals surface area contributed by atoms with Crippen LogP contribution in [0.15, 0.2) is 16.7 Å². The highest BCUT2D eigenvalue weighted by atomic mass is 79.9. The number of carbonyl (C=O) groups is 3. The van der Waals surface area contributed by atoms with Crippen molar-refractivity contribution < 1.29 is 19.5 Å². The van der Waals surface area contributed by atoms with E-state index in [4.69, 9.17) is 22.4 Å². The second kappa shape index (κ2) is 6.48. The van der Waals surface area contributed by atoms with Gasteiger partial charge in [0, 0.05) is 10.7 Å². The Hall–Kier alpha value is -1.67. The first-order valence-electron chi connectivity index (χ1n) is 4.94. The maximum absolute atomic E-state index is 11.8. The second-order valence-electron chi connectivity index (χ2n) is 3.53. The van der Waals surface area contributed by atoms with Crippen molar-refractivity contribution in [2.24, 2.45) is 5.73 Å². The number of primary amides is 1. The van der Waals surface area contributed by atoms with Crippen LogP contribution in [0.4, 0.5) is 0 Å². The van der Waals surface area contributed by atoms with Crippen molar-refractivity contribution >= 4 is 45.3 Å². The molecule has 1 aromatic heterocycles. The molecule has 9 heteroatoms. The number of aliphatic carboxylic acids is 1. The van der Waals surface area contributed by atoms with Gasteiger partial charge in [-0.05, 0) is 22.0 Å². The predicted molar refractivity (Wildman–Crippen MR) is 69.6 cm³/mol. The third-order valence-corrected chi connectivity index (χ3v) is 2.79. The molecule has 1 atom stereocenters. The molecule has 0 spiro atoms. The van der Waals surface area contributed by atoms with Crippen molar-refractivity contribution in [1.29, 1.82) is 0 Å². The number of carboxylic acids is 1. The largest absolute Gasteiger partial charge is 0.480 e. The molecular formula is C10H9BrClN3O4. The van der Waals surface area contributed by atoms with Crippen molar-refractivity contribution in [2.45, 2.75) is 12.5 Å². The van der Waals surface area contributed by atoms with E-state index in [-0.39, 0.29) is 10.7 Å². The van der Waals surface area contributed by atoms with Gasteiger partial charge >= 0.3 is 5.97 Å². The van der Waals surface area contributed by atoms with Gasteiger partial charge < -0.3 is 16.2 Å². The Balaban J connectivity index is 2.90. The lowest BCUT2D eigenvalue weighted by atomic mass is 10.2. The van der Waals surface area contributed by atoms with Crippen LogP contribution < -0.4 is 11.1 Å². The molecule has 0 aliphatic rings. The van der Waals surface area contributed by atoms with Crippen LogP contribution in [-0.4, -0.2) is 33.9 Å². The van der Waals surface area contributed by atoms with E-state index >= 15 is 0 Å². The summed E-state index contributed by atoms with van der Waals surface area (Å²) in [5, 5.41) is 10.9. The minimum Gasteiger partial charge on any atom is -0.480 e. The third-order valence-electron chi connectivity index (χ3n) is 2.06. The quantitative estimate of drug-likeness (QED) is 0.670. The highest BCUT2D eigenvalue weighted by molar-refractivity contribution is 9.10. The number of carboxylic acid groups (broad SMARTS) is 1.